The van der Waals surface area contributed by atoms with Crippen molar-refractivity contribution in [2.75, 3.05) is 0 Å². The molecule has 0 heterocycles. The van der Waals surface area contributed by atoms with Crippen LogP contribution in [-0.2, 0) is 30.4 Å². The standard InChI is InChI=1S/C22H32N4O10/c1-10(27)17(21(34)26-18(11(2)28)22(35)36)25-20(33)15(9-12-3-5-13(29)6-4-12)24-19(32)14(23)7-8-16(30)31/h3-6,10-11,14-15,17-18,27-29H,7-9,23H2,1-2H3,(H,24,32)(H,25,33)(H,26,34)(H,30,31)(H,35,36). The molecule has 0 aromatic heterocycles. The van der Waals surface area contributed by atoms with Crippen molar-refractivity contribution in [2.24, 2.45) is 5.73 Å². The normalized spacial score (nSPS) is 15.9. The highest BCUT2D eigenvalue weighted by molar-refractivity contribution is 5.94. The van der Waals surface area contributed by atoms with Gasteiger partial charge in [-0.2, -0.15) is 0 Å². The van der Waals surface area contributed by atoms with E-state index in [1.807, 2.05) is 5.32 Å². The van der Waals surface area contributed by atoms with Crippen LogP contribution in [0.3, 0.4) is 0 Å². The number of nitrogens with one attached hydrogen (secondary N) is 3. The first-order chi connectivity index (χ1) is 16.7. The van der Waals surface area contributed by atoms with Crippen molar-refractivity contribution in [1.29, 1.82) is 0 Å². The Balaban J connectivity index is 3.10. The number of benzene rings is 1. The summed E-state index contributed by atoms with van der Waals surface area (Å²) in [5.41, 5.74) is 6.20. The summed E-state index contributed by atoms with van der Waals surface area (Å²) in [5, 5.41) is 53.7. The first kappa shape index (κ1) is 30.3. The highest BCUT2D eigenvalue weighted by Crippen LogP contribution is 2.12. The number of hydrogen-bond acceptors (Lipinski definition) is 9. The summed E-state index contributed by atoms with van der Waals surface area (Å²) in [7, 11) is 0. The van der Waals surface area contributed by atoms with Gasteiger partial charge < -0.3 is 47.2 Å². The minimum absolute atomic E-state index is 0.0450. The molecule has 3 amide bonds. The van der Waals surface area contributed by atoms with E-state index in [2.05, 4.69) is 10.6 Å². The summed E-state index contributed by atoms with van der Waals surface area (Å²) >= 11 is 0. The van der Waals surface area contributed by atoms with E-state index in [9.17, 15) is 39.3 Å². The van der Waals surface area contributed by atoms with E-state index in [-0.39, 0.29) is 25.0 Å². The van der Waals surface area contributed by atoms with Crippen LogP contribution in [0.15, 0.2) is 24.3 Å². The van der Waals surface area contributed by atoms with Crippen molar-refractivity contribution < 1.29 is 49.5 Å². The Morgan fingerprint density at radius 2 is 1.36 bits per heavy atom. The number of rotatable bonds is 14. The zero-order valence-corrected chi connectivity index (χ0v) is 19.7. The maximum Gasteiger partial charge on any atom is 0.328 e. The van der Waals surface area contributed by atoms with Gasteiger partial charge in [0.05, 0.1) is 18.2 Å². The molecule has 6 unspecified atom stereocenters. The predicted molar refractivity (Wildman–Crippen MR) is 123 cm³/mol. The Morgan fingerprint density at radius 3 is 1.83 bits per heavy atom. The number of aliphatic carboxylic acids is 2. The van der Waals surface area contributed by atoms with Gasteiger partial charge in [-0.05, 0) is 38.0 Å². The van der Waals surface area contributed by atoms with Gasteiger partial charge in [-0.1, -0.05) is 12.1 Å². The van der Waals surface area contributed by atoms with Gasteiger partial charge in [-0.15, -0.1) is 0 Å². The third-order valence-corrected chi connectivity index (χ3v) is 5.12. The average Bonchev–Trinajstić information content (AvgIpc) is 2.79. The van der Waals surface area contributed by atoms with Gasteiger partial charge >= 0.3 is 11.9 Å². The fraction of sp³-hybridized carbons (Fsp3) is 0.500. The third kappa shape index (κ3) is 9.85. The number of carbonyl (C=O) groups excluding carboxylic acids is 3. The molecule has 1 aromatic carbocycles. The highest BCUT2D eigenvalue weighted by atomic mass is 16.4. The quantitative estimate of drug-likeness (QED) is 0.125. The largest absolute Gasteiger partial charge is 0.508 e. The van der Waals surface area contributed by atoms with Gasteiger partial charge in [-0.25, -0.2) is 4.79 Å². The molecule has 0 aliphatic carbocycles. The number of aliphatic hydroxyl groups excluding tert-OH is 2. The molecule has 1 rings (SSSR count). The summed E-state index contributed by atoms with van der Waals surface area (Å²) in [4.78, 5) is 60.1. The molecule has 14 heteroatoms. The zero-order chi connectivity index (χ0) is 27.6. The number of amides is 3. The molecule has 0 saturated carbocycles. The van der Waals surface area contributed by atoms with Gasteiger partial charge in [0.1, 0.15) is 17.8 Å². The fourth-order valence-electron chi connectivity index (χ4n) is 3.06. The van der Waals surface area contributed by atoms with E-state index in [1.54, 1.807) is 0 Å². The summed E-state index contributed by atoms with van der Waals surface area (Å²) in [6.07, 6.45) is -3.71. The Kier molecular flexibility index (Phi) is 11.7. The van der Waals surface area contributed by atoms with E-state index in [1.165, 1.54) is 24.3 Å². The molecule has 14 nitrogen and oxygen atoms in total. The molecular weight excluding hydrogens is 480 g/mol. The Morgan fingerprint density at radius 1 is 0.833 bits per heavy atom. The van der Waals surface area contributed by atoms with E-state index in [0.29, 0.717) is 5.56 Å². The topological polar surface area (TPSA) is 249 Å². The molecule has 0 fully saturated rings. The second-order valence-corrected chi connectivity index (χ2v) is 8.26. The van der Waals surface area contributed by atoms with E-state index in [0.717, 1.165) is 13.8 Å². The van der Waals surface area contributed by atoms with Crippen LogP contribution >= 0.6 is 0 Å². The monoisotopic (exact) mass is 512 g/mol. The lowest BCUT2D eigenvalue weighted by atomic mass is 10.0. The SMILES string of the molecule is CC(O)C(NC(=O)C(NC(=O)C(Cc1ccc(O)cc1)NC(=O)C(N)CCC(=O)O)C(C)O)C(=O)O. The van der Waals surface area contributed by atoms with Crippen LogP contribution in [0.1, 0.15) is 32.3 Å². The number of phenols is 1. The zero-order valence-electron chi connectivity index (χ0n) is 19.7. The molecule has 0 saturated heterocycles. The Hall–Kier alpha value is -3.75. The Labute approximate surface area is 206 Å². The van der Waals surface area contributed by atoms with Crippen LogP contribution in [-0.4, -0.2) is 91.6 Å². The number of nitrogens with two attached hydrogens (primary N) is 1. The van der Waals surface area contributed by atoms with Gasteiger partial charge in [0, 0.05) is 12.8 Å². The summed E-state index contributed by atoms with van der Waals surface area (Å²) in [5.74, 6) is -5.63. The Bertz CT molecular complexity index is 935. The molecule has 1 aromatic rings. The number of aliphatic hydroxyl groups is 2. The van der Waals surface area contributed by atoms with E-state index < -0.39 is 66.0 Å². The van der Waals surface area contributed by atoms with Gasteiger partial charge in [0.2, 0.25) is 17.7 Å². The van der Waals surface area contributed by atoms with Crippen molar-refractivity contribution in [3.05, 3.63) is 29.8 Å². The number of carboxylic acid groups (broad SMARTS) is 2. The lowest BCUT2D eigenvalue weighted by Gasteiger charge is -2.27. The second-order valence-electron chi connectivity index (χ2n) is 8.26. The van der Waals surface area contributed by atoms with Crippen LogP contribution < -0.4 is 21.7 Å². The molecule has 200 valence electrons. The lowest BCUT2D eigenvalue weighted by Crippen LogP contribution is -2.61. The number of aromatic hydroxyl groups is 1. The smallest absolute Gasteiger partial charge is 0.328 e. The van der Waals surface area contributed by atoms with Crippen LogP contribution in [0.2, 0.25) is 0 Å². The van der Waals surface area contributed by atoms with Crippen molar-refractivity contribution >= 4 is 29.7 Å². The number of phenolic OH excluding ortho intramolecular Hbond substituents is 1. The maximum absolute atomic E-state index is 13.0. The average molecular weight is 513 g/mol. The van der Waals surface area contributed by atoms with Crippen LogP contribution in [0.5, 0.6) is 5.75 Å². The third-order valence-electron chi connectivity index (χ3n) is 5.12. The first-order valence-corrected chi connectivity index (χ1v) is 11.0. The fourth-order valence-corrected chi connectivity index (χ4v) is 3.06. The molecule has 0 radical (unpaired) electrons. The molecular formula is C22H32N4O10. The van der Waals surface area contributed by atoms with E-state index >= 15 is 0 Å². The van der Waals surface area contributed by atoms with Crippen molar-refractivity contribution in [1.82, 2.24) is 16.0 Å². The van der Waals surface area contributed by atoms with E-state index in [4.69, 9.17) is 15.9 Å². The molecule has 10 N–H and O–H groups in total. The molecule has 0 bridgehead atoms. The molecule has 6 atom stereocenters. The second kappa shape index (κ2) is 14.0. The lowest BCUT2D eigenvalue weighted by molar-refractivity contribution is -0.146. The van der Waals surface area contributed by atoms with Gasteiger partial charge in [0.15, 0.2) is 6.04 Å². The van der Waals surface area contributed by atoms with Crippen LogP contribution in [0.25, 0.3) is 0 Å². The van der Waals surface area contributed by atoms with Crippen molar-refractivity contribution in [3.8, 4) is 5.75 Å². The van der Waals surface area contributed by atoms with Gasteiger partial charge in [-0.3, -0.25) is 19.2 Å². The first-order valence-electron chi connectivity index (χ1n) is 11.0. The van der Waals surface area contributed by atoms with Crippen LogP contribution in [0.4, 0.5) is 0 Å². The summed E-state index contributed by atoms with van der Waals surface area (Å²) in [6.45, 7) is 2.30. The summed E-state index contributed by atoms with van der Waals surface area (Å²) < 4.78 is 0. The number of carboxylic acids is 2. The predicted octanol–water partition coefficient (Wildman–Crippen LogP) is -2.57. The molecule has 0 aliphatic rings. The van der Waals surface area contributed by atoms with Crippen molar-refractivity contribution in [3.63, 3.8) is 0 Å². The molecule has 36 heavy (non-hydrogen) atoms. The van der Waals surface area contributed by atoms with Crippen LogP contribution in [0, 0.1) is 0 Å². The maximum atomic E-state index is 13.0. The number of hydrogen-bond donors (Lipinski definition) is 9. The summed E-state index contributed by atoms with van der Waals surface area (Å²) in [6, 6.07) is -0.324. The number of carbonyl (C=O) groups is 5. The molecule has 0 spiro atoms. The van der Waals surface area contributed by atoms with Gasteiger partial charge in [0.25, 0.3) is 0 Å². The minimum Gasteiger partial charge on any atom is -0.508 e. The molecule has 0 aliphatic heterocycles. The van der Waals surface area contributed by atoms with Crippen molar-refractivity contribution in [2.45, 2.75) is 69.5 Å². The minimum atomic E-state index is -1.71. The highest BCUT2D eigenvalue weighted by Gasteiger charge is 2.34.